The summed E-state index contributed by atoms with van der Waals surface area (Å²) in [6.45, 7) is 7.29. The Morgan fingerprint density at radius 2 is 2.17 bits per heavy atom. The van der Waals surface area contributed by atoms with Crippen molar-refractivity contribution in [3.63, 3.8) is 0 Å². The van der Waals surface area contributed by atoms with E-state index in [1.807, 2.05) is 12.3 Å². The van der Waals surface area contributed by atoms with Gasteiger partial charge >= 0.3 is 0 Å². The molecule has 0 atom stereocenters. The third-order valence-corrected chi connectivity index (χ3v) is 3.88. The van der Waals surface area contributed by atoms with Crippen molar-refractivity contribution in [1.82, 2.24) is 20.5 Å². The van der Waals surface area contributed by atoms with Gasteiger partial charge in [0.25, 0.3) is 0 Å². The van der Waals surface area contributed by atoms with Crippen molar-refractivity contribution in [3.05, 3.63) is 29.4 Å². The summed E-state index contributed by atoms with van der Waals surface area (Å²) in [6.07, 6.45) is 1.90. The maximum absolute atomic E-state index is 4.42. The first kappa shape index (κ1) is 13.5. The first-order chi connectivity index (χ1) is 8.53. The van der Waals surface area contributed by atoms with Crippen LogP contribution >= 0.6 is 23.1 Å². The molecule has 4 nitrogen and oxygen atoms in total. The second-order valence-electron chi connectivity index (χ2n) is 4.91. The van der Waals surface area contributed by atoms with Crippen LogP contribution < -0.4 is 5.32 Å². The summed E-state index contributed by atoms with van der Waals surface area (Å²) < 4.78 is 0.920. The van der Waals surface area contributed by atoms with E-state index in [1.54, 1.807) is 5.51 Å². The molecular weight excluding hydrogens is 264 g/mol. The molecule has 0 aliphatic carbocycles. The Balaban J connectivity index is 1.93. The fourth-order valence-corrected chi connectivity index (χ4v) is 2.60. The maximum Gasteiger partial charge on any atom is 0.180 e. The molecule has 2 aromatic heterocycles. The van der Waals surface area contributed by atoms with Crippen molar-refractivity contribution in [1.29, 1.82) is 0 Å². The second kappa shape index (κ2) is 5.77. The molecule has 1 N–H and O–H groups in total. The van der Waals surface area contributed by atoms with E-state index in [2.05, 4.69) is 47.3 Å². The van der Waals surface area contributed by atoms with Gasteiger partial charge < -0.3 is 5.32 Å². The lowest BCUT2D eigenvalue weighted by Crippen LogP contribution is -2.35. The molecule has 2 heterocycles. The summed E-state index contributed by atoms with van der Waals surface area (Å²) in [4.78, 5) is 4.42. The van der Waals surface area contributed by atoms with Crippen LogP contribution in [0.25, 0.3) is 0 Å². The van der Waals surface area contributed by atoms with E-state index < -0.39 is 0 Å². The molecule has 0 aliphatic heterocycles. The van der Waals surface area contributed by atoms with Gasteiger partial charge in [-0.25, -0.2) is 4.98 Å². The molecule has 0 amide bonds. The third kappa shape index (κ3) is 4.36. The number of pyridine rings is 1. The van der Waals surface area contributed by atoms with Crippen molar-refractivity contribution in [2.24, 2.45) is 0 Å². The minimum absolute atomic E-state index is 0.125. The number of aromatic nitrogens is 3. The van der Waals surface area contributed by atoms with Crippen molar-refractivity contribution < 1.29 is 0 Å². The number of hydrogen-bond donors (Lipinski definition) is 1. The van der Waals surface area contributed by atoms with E-state index in [-0.39, 0.29) is 5.54 Å². The largest absolute Gasteiger partial charge is 0.308 e. The molecule has 0 aliphatic rings. The highest BCUT2D eigenvalue weighted by Crippen LogP contribution is 2.26. The minimum atomic E-state index is 0.125. The highest BCUT2D eigenvalue weighted by Gasteiger charge is 2.08. The summed E-state index contributed by atoms with van der Waals surface area (Å²) in [5.41, 5.74) is 3.04. The van der Waals surface area contributed by atoms with Crippen LogP contribution in [0.3, 0.4) is 0 Å². The van der Waals surface area contributed by atoms with Gasteiger partial charge in [-0.05, 0) is 44.2 Å². The van der Waals surface area contributed by atoms with Gasteiger partial charge in [-0.15, -0.1) is 10.2 Å². The summed E-state index contributed by atoms with van der Waals surface area (Å²) in [7, 11) is 0. The van der Waals surface area contributed by atoms with E-state index >= 15 is 0 Å². The molecule has 0 aromatic carbocycles. The predicted molar refractivity (Wildman–Crippen MR) is 74.9 cm³/mol. The molecule has 2 aromatic rings. The molecule has 0 bridgehead atoms. The smallest absolute Gasteiger partial charge is 0.180 e. The van der Waals surface area contributed by atoms with Gasteiger partial charge in [-0.1, -0.05) is 17.4 Å². The Labute approximate surface area is 115 Å². The van der Waals surface area contributed by atoms with Crippen LogP contribution in [0.2, 0.25) is 0 Å². The molecule has 6 heteroatoms. The molecule has 2 rings (SSSR count). The van der Waals surface area contributed by atoms with E-state index in [4.69, 9.17) is 0 Å². The summed E-state index contributed by atoms with van der Waals surface area (Å²) in [5, 5.41) is 12.2. The molecule has 0 radical (unpaired) electrons. The molecule has 0 saturated heterocycles. The van der Waals surface area contributed by atoms with Crippen LogP contribution in [0.4, 0.5) is 0 Å². The Morgan fingerprint density at radius 1 is 1.33 bits per heavy atom. The molecular formula is C12H16N4S2. The molecule has 0 saturated carbocycles. The third-order valence-electron chi connectivity index (χ3n) is 2.15. The Kier molecular flexibility index (Phi) is 4.31. The van der Waals surface area contributed by atoms with Gasteiger partial charge in [0.1, 0.15) is 10.5 Å². The normalized spacial score (nSPS) is 11.7. The fraction of sp³-hybridized carbons (Fsp3) is 0.417. The van der Waals surface area contributed by atoms with Gasteiger partial charge in [0.15, 0.2) is 4.34 Å². The van der Waals surface area contributed by atoms with Gasteiger partial charge in [0.05, 0.1) is 0 Å². The number of nitrogens with zero attached hydrogens (tertiary/aromatic N) is 3. The Morgan fingerprint density at radius 3 is 2.72 bits per heavy atom. The SMILES string of the molecule is CC(C)(C)NCc1ccc(Sc2nncs2)nc1. The maximum atomic E-state index is 4.42. The van der Waals surface area contributed by atoms with Gasteiger partial charge in [0.2, 0.25) is 0 Å². The molecule has 18 heavy (non-hydrogen) atoms. The summed E-state index contributed by atoms with van der Waals surface area (Å²) in [6, 6.07) is 4.11. The van der Waals surface area contributed by atoms with Crippen LogP contribution in [0.1, 0.15) is 26.3 Å². The van der Waals surface area contributed by atoms with E-state index in [9.17, 15) is 0 Å². The van der Waals surface area contributed by atoms with Gasteiger partial charge in [-0.2, -0.15) is 0 Å². The lowest BCUT2D eigenvalue weighted by Gasteiger charge is -2.20. The zero-order valence-electron chi connectivity index (χ0n) is 10.7. The topological polar surface area (TPSA) is 50.7 Å². The Bertz CT molecular complexity index is 474. The molecule has 0 spiro atoms. The lowest BCUT2D eigenvalue weighted by atomic mass is 10.1. The highest BCUT2D eigenvalue weighted by atomic mass is 32.2. The quantitative estimate of drug-likeness (QED) is 0.933. The van der Waals surface area contributed by atoms with Crippen molar-refractivity contribution in [3.8, 4) is 0 Å². The summed E-state index contributed by atoms with van der Waals surface area (Å²) in [5.74, 6) is 0. The van der Waals surface area contributed by atoms with Gasteiger partial charge in [0, 0.05) is 18.3 Å². The highest BCUT2D eigenvalue weighted by molar-refractivity contribution is 8.00. The average molecular weight is 280 g/mol. The van der Waals surface area contributed by atoms with E-state index in [0.717, 1.165) is 15.9 Å². The van der Waals surface area contributed by atoms with Crippen molar-refractivity contribution >= 4 is 23.1 Å². The predicted octanol–water partition coefficient (Wildman–Crippen LogP) is 2.97. The first-order valence-electron chi connectivity index (χ1n) is 5.67. The molecule has 96 valence electrons. The first-order valence-corrected chi connectivity index (χ1v) is 7.36. The van der Waals surface area contributed by atoms with Crippen LogP contribution in [0, 0.1) is 0 Å². The second-order valence-corrected chi connectivity index (χ2v) is 7.02. The van der Waals surface area contributed by atoms with Crippen molar-refractivity contribution in [2.75, 3.05) is 0 Å². The van der Waals surface area contributed by atoms with Crippen LogP contribution in [-0.2, 0) is 6.54 Å². The van der Waals surface area contributed by atoms with E-state index in [0.29, 0.717) is 0 Å². The monoisotopic (exact) mass is 280 g/mol. The van der Waals surface area contributed by atoms with Crippen LogP contribution in [-0.4, -0.2) is 20.7 Å². The summed E-state index contributed by atoms with van der Waals surface area (Å²) >= 11 is 3.06. The Hall–Kier alpha value is -0.980. The fourth-order valence-electron chi connectivity index (χ4n) is 1.24. The van der Waals surface area contributed by atoms with Crippen LogP contribution in [0.5, 0.6) is 0 Å². The standard InChI is InChI=1S/C12H16N4S2/c1-12(2,3)14-7-9-4-5-10(13-6-9)18-11-16-15-8-17-11/h4-6,8,14H,7H2,1-3H3. The lowest BCUT2D eigenvalue weighted by molar-refractivity contribution is 0.424. The number of rotatable bonds is 4. The number of hydrogen-bond acceptors (Lipinski definition) is 6. The average Bonchev–Trinajstić information content (AvgIpc) is 2.80. The van der Waals surface area contributed by atoms with Crippen LogP contribution in [0.15, 0.2) is 33.2 Å². The molecule has 0 unspecified atom stereocenters. The zero-order chi connectivity index (χ0) is 13.0. The minimum Gasteiger partial charge on any atom is -0.308 e. The zero-order valence-corrected chi connectivity index (χ0v) is 12.3. The van der Waals surface area contributed by atoms with Gasteiger partial charge in [-0.3, -0.25) is 0 Å². The van der Waals surface area contributed by atoms with Crippen molar-refractivity contribution in [2.45, 2.75) is 42.2 Å². The number of nitrogens with one attached hydrogen (secondary N) is 1. The van der Waals surface area contributed by atoms with E-state index in [1.165, 1.54) is 28.7 Å². The molecule has 0 fully saturated rings.